The van der Waals surface area contributed by atoms with Crippen LogP contribution in [0, 0.1) is 6.92 Å². The third-order valence-corrected chi connectivity index (χ3v) is 1.75. The zero-order valence-electron chi connectivity index (χ0n) is 7.50. The Kier molecular flexibility index (Phi) is 2.41. The molecule has 0 amide bonds. The molecule has 0 atom stereocenters. The first kappa shape index (κ1) is 9.38. The van der Waals surface area contributed by atoms with Crippen LogP contribution in [0.3, 0.4) is 0 Å². The maximum atomic E-state index is 11.1. The molecule has 0 aromatic heterocycles. The van der Waals surface area contributed by atoms with Crippen molar-refractivity contribution in [2.45, 2.75) is 6.92 Å². The Morgan fingerprint density at radius 2 is 2.15 bits per heavy atom. The van der Waals surface area contributed by atoms with Gasteiger partial charge >= 0.3 is 5.97 Å². The highest BCUT2D eigenvalue weighted by Gasteiger charge is 2.10. The maximum Gasteiger partial charge on any atom is 0.337 e. The molecule has 70 valence electrons. The molecule has 0 saturated heterocycles. The van der Waals surface area contributed by atoms with Crippen molar-refractivity contribution in [3.05, 3.63) is 23.3 Å². The number of methoxy groups -OCH3 is 1. The Morgan fingerprint density at radius 1 is 1.54 bits per heavy atom. The number of nitrogen functional groups attached to an aromatic ring is 1. The maximum absolute atomic E-state index is 11.1. The number of phenolic OH excluding ortho intramolecular Hbond substituents is 1. The molecule has 0 aliphatic rings. The highest BCUT2D eigenvalue weighted by atomic mass is 16.5. The number of aromatic hydroxyl groups is 1. The van der Waals surface area contributed by atoms with Gasteiger partial charge in [0.1, 0.15) is 5.75 Å². The van der Waals surface area contributed by atoms with Gasteiger partial charge in [0.15, 0.2) is 0 Å². The molecule has 0 spiro atoms. The smallest absolute Gasteiger partial charge is 0.337 e. The lowest BCUT2D eigenvalue weighted by molar-refractivity contribution is 0.0600. The Bertz CT molecular complexity index is 324. The van der Waals surface area contributed by atoms with Crippen molar-refractivity contribution in [2.24, 2.45) is 0 Å². The number of benzene rings is 1. The summed E-state index contributed by atoms with van der Waals surface area (Å²) >= 11 is 0. The zero-order valence-corrected chi connectivity index (χ0v) is 7.50. The molecule has 0 radical (unpaired) electrons. The molecule has 1 rings (SSSR count). The van der Waals surface area contributed by atoms with Crippen LogP contribution in [0.25, 0.3) is 0 Å². The third kappa shape index (κ3) is 1.72. The van der Waals surface area contributed by atoms with Crippen LogP contribution in [0.5, 0.6) is 5.75 Å². The van der Waals surface area contributed by atoms with Crippen molar-refractivity contribution in [3.8, 4) is 5.75 Å². The number of esters is 1. The lowest BCUT2D eigenvalue weighted by Crippen LogP contribution is -2.02. The molecule has 1 aromatic rings. The van der Waals surface area contributed by atoms with E-state index in [9.17, 15) is 9.90 Å². The van der Waals surface area contributed by atoms with E-state index >= 15 is 0 Å². The van der Waals surface area contributed by atoms with Gasteiger partial charge < -0.3 is 15.6 Å². The number of aryl methyl sites for hydroxylation is 1. The van der Waals surface area contributed by atoms with Gasteiger partial charge in [-0.05, 0) is 24.6 Å². The van der Waals surface area contributed by atoms with E-state index in [0.29, 0.717) is 11.1 Å². The monoisotopic (exact) mass is 181 g/mol. The van der Waals surface area contributed by atoms with E-state index in [1.54, 1.807) is 6.92 Å². The third-order valence-electron chi connectivity index (χ3n) is 1.75. The topological polar surface area (TPSA) is 72.5 Å². The van der Waals surface area contributed by atoms with Gasteiger partial charge in [-0.3, -0.25) is 0 Å². The van der Waals surface area contributed by atoms with Crippen molar-refractivity contribution in [1.29, 1.82) is 0 Å². The highest BCUT2D eigenvalue weighted by Crippen LogP contribution is 2.25. The van der Waals surface area contributed by atoms with Crippen molar-refractivity contribution in [3.63, 3.8) is 0 Å². The number of carbonyl (C=O) groups excluding carboxylic acids is 1. The van der Waals surface area contributed by atoms with Crippen molar-refractivity contribution in [2.75, 3.05) is 12.8 Å². The van der Waals surface area contributed by atoms with Crippen molar-refractivity contribution < 1.29 is 14.6 Å². The van der Waals surface area contributed by atoms with Gasteiger partial charge in [0.25, 0.3) is 0 Å². The van der Waals surface area contributed by atoms with Gasteiger partial charge in [0.2, 0.25) is 0 Å². The van der Waals surface area contributed by atoms with E-state index in [-0.39, 0.29) is 11.4 Å². The predicted molar refractivity (Wildman–Crippen MR) is 48.6 cm³/mol. The van der Waals surface area contributed by atoms with Gasteiger partial charge in [-0.1, -0.05) is 0 Å². The standard InChI is InChI=1S/C9H11NO3/c1-5-3-6(9(12)13-2)4-7(10)8(5)11/h3-4,11H,10H2,1-2H3. The van der Waals surface area contributed by atoms with Gasteiger partial charge in [-0.2, -0.15) is 0 Å². The predicted octanol–water partition coefficient (Wildman–Crippen LogP) is 1.07. The molecule has 4 nitrogen and oxygen atoms in total. The van der Waals surface area contributed by atoms with Crippen LogP contribution < -0.4 is 5.73 Å². The second-order valence-electron chi connectivity index (χ2n) is 2.72. The fourth-order valence-corrected chi connectivity index (χ4v) is 1.04. The van der Waals surface area contributed by atoms with Gasteiger partial charge in [0, 0.05) is 0 Å². The largest absolute Gasteiger partial charge is 0.506 e. The van der Waals surface area contributed by atoms with E-state index in [0.717, 1.165) is 0 Å². The fourth-order valence-electron chi connectivity index (χ4n) is 1.04. The van der Waals surface area contributed by atoms with Gasteiger partial charge in [0.05, 0.1) is 18.4 Å². The van der Waals surface area contributed by atoms with E-state index in [4.69, 9.17) is 5.73 Å². The molecule has 1 aromatic carbocycles. The minimum atomic E-state index is -0.463. The first-order chi connectivity index (χ1) is 6.06. The number of anilines is 1. The number of hydrogen-bond acceptors (Lipinski definition) is 4. The highest BCUT2D eigenvalue weighted by molar-refractivity contribution is 5.91. The second kappa shape index (κ2) is 3.35. The molecular weight excluding hydrogens is 170 g/mol. The number of phenols is 1. The molecule has 0 fully saturated rings. The first-order valence-corrected chi connectivity index (χ1v) is 3.73. The molecule has 0 bridgehead atoms. The van der Waals surface area contributed by atoms with Crippen LogP contribution in [0.15, 0.2) is 12.1 Å². The van der Waals surface area contributed by atoms with Gasteiger partial charge in [-0.15, -0.1) is 0 Å². The van der Waals surface area contributed by atoms with Crippen molar-refractivity contribution in [1.82, 2.24) is 0 Å². The van der Waals surface area contributed by atoms with Crippen LogP contribution >= 0.6 is 0 Å². The molecule has 13 heavy (non-hydrogen) atoms. The normalized spacial score (nSPS) is 9.69. The quantitative estimate of drug-likeness (QED) is 0.386. The Hall–Kier alpha value is -1.71. The molecule has 0 aliphatic heterocycles. The number of carbonyl (C=O) groups is 1. The van der Waals surface area contributed by atoms with E-state index in [1.165, 1.54) is 19.2 Å². The summed E-state index contributed by atoms with van der Waals surface area (Å²) in [5.74, 6) is -0.456. The van der Waals surface area contributed by atoms with E-state index in [1.807, 2.05) is 0 Å². The lowest BCUT2D eigenvalue weighted by Gasteiger charge is -2.05. The minimum absolute atomic E-state index is 0.00709. The number of nitrogens with two attached hydrogens (primary N) is 1. The molecule has 0 aliphatic carbocycles. The van der Waals surface area contributed by atoms with Crippen LogP contribution in [0.2, 0.25) is 0 Å². The van der Waals surface area contributed by atoms with Crippen molar-refractivity contribution >= 4 is 11.7 Å². The number of ether oxygens (including phenoxy) is 1. The number of rotatable bonds is 1. The van der Waals surface area contributed by atoms with E-state index in [2.05, 4.69) is 4.74 Å². The Morgan fingerprint density at radius 3 is 2.62 bits per heavy atom. The molecule has 4 heteroatoms. The van der Waals surface area contributed by atoms with Gasteiger partial charge in [-0.25, -0.2) is 4.79 Å². The zero-order chi connectivity index (χ0) is 10.0. The van der Waals surface area contributed by atoms with Crippen LogP contribution in [-0.4, -0.2) is 18.2 Å². The summed E-state index contributed by atoms with van der Waals surface area (Å²) < 4.78 is 4.51. The van der Waals surface area contributed by atoms with Crippen LogP contribution in [0.4, 0.5) is 5.69 Å². The second-order valence-corrected chi connectivity index (χ2v) is 2.72. The molecule has 0 unspecified atom stereocenters. The molecular formula is C9H11NO3. The average molecular weight is 181 g/mol. The Balaban J connectivity index is 3.20. The summed E-state index contributed by atoms with van der Waals surface area (Å²) in [5, 5.41) is 9.31. The fraction of sp³-hybridized carbons (Fsp3) is 0.222. The minimum Gasteiger partial charge on any atom is -0.506 e. The summed E-state index contributed by atoms with van der Waals surface area (Å²) in [5.41, 5.74) is 6.54. The Labute approximate surface area is 75.9 Å². The SMILES string of the molecule is COC(=O)c1cc(C)c(O)c(N)c1. The average Bonchev–Trinajstić information content (AvgIpc) is 2.12. The molecule has 0 saturated carbocycles. The first-order valence-electron chi connectivity index (χ1n) is 3.73. The van der Waals surface area contributed by atoms with Crippen LogP contribution in [-0.2, 0) is 4.74 Å². The summed E-state index contributed by atoms with van der Waals surface area (Å²) in [7, 11) is 1.29. The molecule has 3 N–H and O–H groups in total. The van der Waals surface area contributed by atoms with Crippen LogP contribution in [0.1, 0.15) is 15.9 Å². The molecule has 0 heterocycles. The lowest BCUT2D eigenvalue weighted by atomic mass is 10.1. The number of hydrogen-bond donors (Lipinski definition) is 2. The summed E-state index contributed by atoms with van der Waals surface area (Å²) in [4.78, 5) is 11.1. The van der Waals surface area contributed by atoms with E-state index < -0.39 is 5.97 Å². The summed E-state index contributed by atoms with van der Waals surface area (Å²) in [6.07, 6.45) is 0. The summed E-state index contributed by atoms with van der Waals surface area (Å²) in [6.45, 7) is 1.66. The summed E-state index contributed by atoms with van der Waals surface area (Å²) in [6, 6.07) is 2.91.